The molecule has 20 heavy (non-hydrogen) atoms. The van der Waals surface area contributed by atoms with Gasteiger partial charge in [0.2, 0.25) is 0 Å². The number of halogens is 1. The van der Waals surface area contributed by atoms with Crippen LogP contribution in [0.15, 0.2) is 60.7 Å². The molecule has 0 unspecified atom stereocenters. The first-order valence-electron chi connectivity index (χ1n) is 7.12. The van der Waals surface area contributed by atoms with Gasteiger partial charge in [-0.2, -0.15) is 0 Å². The van der Waals surface area contributed by atoms with Gasteiger partial charge < -0.3 is 0 Å². The molecule has 0 bridgehead atoms. The second-order valence-corrected chi connectivity index (χ2v) is 7.45. The number of benzene rings is 2. The normalized spacial score (nSPS) is 12.7. The van der Waals surface area contributed by atoms with Crippen molar-refractivity contribution in [1.82, 2.24) is 0 Å². The number of hydrogen-bond donors (Lipinski definition) is 0. The summed E-state index contributed by atoms with van der Waals surface area (Å²) in [6.07, 6.45) is 0. The molecule has 0 aromatic heterocycles. The van der Waals surface area contributed by atoms with Crippen LogP contribution in [0.2, 0.25) is 0 Å². The van der Waals surface area contributed by atoms with Crippen LogP contribution >= 0.6 is 15.9 Å². The minimum atomic E-state index is 0.0562. The molecule has 0 nitrogen and oxygen atoms in total. The third kappa shape index (κ3) is 2.83. The van der Waals surface area contributed by atoms with Crippen molar-refractivity contribution < 1.29 is 0 Å². The Bertz CT molecular complexity index is 489. The van der Waals surface area contributed by atoms with E-state index < -0.39 is 0 Å². The Balaban J connectivity index is 2.37. The smallest absolute Gasteiger partial charge is 0.0328 e. The Hall–Kier alpha value is -1.08. The molecule has 0 saturated heterocycles. The molecule has 2 rings (SSSR count). The SMILES string of the molecule is CC(C)(c1ccccc1)C(Br)C(C)(C)c1ccccc1. The lowest BCUT2D eigenvalue weighted by molar-refractivity contribution is 0.371. The summed E-state index contributed by atoms with van der Waals surface area (Å²) in [4.78, 5) is 0.340. The van der Waals surface area contributed by atoms with E-state index in [1.807, 2.05) is 0 Å². The molecule has 0 aliphatic carbocycles. The van der Waals surface area contributed by atoms with Gasteiger partial charge in [-0.15, -0.1) is 0 Å². The van der Waals surface area contributed by atoms with Crippen molar-refractivity contribution in [2.45, 2.75) is 43.4 Å². The third-order valence-electron chi connectivity index (χ3n) is 4.30. The van der Waals surface area contributed by atoms with Gasteiger partial charge in [-0.05, 0) is 11.1 Å². The molecule has 1 heteroatoms. The summed E-state index contributed by atoms with van der Waals surface area (Å²) in [5.74, 6) is 0. The lowest BCUT2D eigenvalue weighted by Crippen LogP contribution is -2.42. The fraction of sp³-hybridized carbons (Fsp3) is 0.368. The van der Waals surface area contributed by atoms with Crippen LogP contribution in [0.5, 0.6) is 0 Å². The van der Waals surface area contributed by atoms with E-state index in [9.17, 15) is 0 Å². The molecule has 0 saturated carbocycles. The zero-order chi connectivity index (χ0) is 14.8. The van der Waals surface area contributed by atoms with Crippen molar-refractivity contribution >= 4 is 15.9 Å². The topological polar surface area (TPSA) is 0 Å². The maximum Gasteiger partial charge on any atom is 0.0328 e. The molecule has 0 fully saturated rings. The molecule has 2 aromatic rings. The van der Waals surface area contributed by atoms with E-state index in [2.05, 4.69) is 104 Å². The third-order valence-corrected chi connectivity index (χ3v) is 6.59. The highest BCUT2D eigenvalue weighted by Crippen LogP contribution is 2.43. The van der Waals surface area contributed by atoms with Crippen LogP contribution in [-0.2, 0) is 10.8 Å². The van der Waals surface area contributed by atoms with Crippen LogP contribution in [0.4, 0.5) is 0 Å². The van der Waals surface area contributed by atoms with Crippen LogP contribution in [0, 0.1) is 0 Å². The maximum atomic E-state index is 3.99. The van der Waals surface area contributed by atoms with E-state index in [-0.39, 0.29) is 10.8 Å². The Morgan fingerprint density at radius 1 is 0.650 bits per heavy atom. The molecule has 0 N–H and O–H groups in total. The molecule has 0 radical (unpaired) electrons. The first-order valence-corrected chi connectivity index (χ1v) is 8.03. The zero-order valence-corrected chi connectivity index (χ0v) is 14.3. The zero-order valence-electron chi connectivity index (χ0n) is 12.7. The summed E-state index contributed by atoms with van der Waals surface area (Å²) in [7, 11) is 0. The van der Waals surface area contributed by atoms with Crippen LogP contribution in [0.3, 0.4) is 0 Å². The standard InChI is InChI=1S/C19H23Br/c1-18(2,15-11-7-5-8-12-15)17(20)19(3,4)16-13-9-6-10-14-16/h5-14,17H,1-4H3. The highest BCUT2D eigenvalue weighted by molar-refractivity contribution is 9.09. The summed E-state index contributed by atoms with van der Waals surface area (Å²) in [6, 6.07) is 21.5. The van der Waals surface area contributed by atoms with Gasteiger partial charge in [-0.1, -0.05) is 104 Å². The van der Waals surface area contributed by atoms with E-state index in [0.29, 0.717) is 4.83 Å². The molecule has 0 amide bonds. The fourth-order valence-electron chi connectivity index (χ4n) is 2.93. The quantitative estimate of drug-likeness (QED) is 0.630. The minimum Gasteiger partial charge on any atom is -0.0872 e. The van der Waals surface area contributed by atoms with Gasteiger partial charge in [0.05, 0.1) is 0 Å². The Labute approximate surface area is 131 Å². The highest BCUT2D eigenvalue weighted by atomic mass is 79.9. The van der Waals surface area contributed by atoms with E-state index >= 15 is 0 Å². The summed E-state index contributed by atoms with van der Waals surface area (Å²) < 4.78 is 0. The second kappa shape index (κ2) is 5.73. The lowest BCUT2D eigenvalue weighted by Gasteiger charge is -2.42. The van der Waals surface area contributed by atoms with Crippen molar-refractivity contribution in [2.75, 3.05) is 0 Å². The summed E-state index contributed by atoms with van der Waals surface area (Å²) >= 11 is 3.99. The monoisotopic (exact) mass is 330 g/mol. The first-order chi connectivity index (χ1) is 9.37. The van der Waals surface area contributed by atoms with Crippen LogP contribution in [0.1, 0.15) is 38.8 Å². The summed E-state index contributed by atoms with van der Waals surface area (Å²) in [5.41, 5.74) is 2.85. The summed E-state index contributed by atoms with van der Waals surface area (Å²) in [6.45, 7) is 9.25. The lowest BCUT2D eigenvalue weighted by atomic mass is 9.68. The number of rotatable bonds is 4. The molecular formula is C19H23Br. The van der Waals surface area contributed by atoms with Crippen molar-refractivity contribution in [1.29, 1.82) is 0 Å². The van der Waals surface area contributed by atoms with Crippen molar-refractivity contribution in [3.63, 3.8) is 0 Å². The maximum absolute atomic E-state index is 3.99. The van der Waals surface area contributed by atoms with Crippen molar-refractivity contribution in [2.24, 2.45) is 0 Å². The van der Waals surface area contributed by atoms with Gasteiger partial charge in [-0.3, -0.25) is 0 Å². The molecule has 106 valence electrons. The predicted molar refractivity (Wildman–Crippen MR) is 91.7 cm³/mol. The molecule has 2 aromatic carbocycles. The van der Waals surface area contributed by atoms with Crippen molar-refractivity contribution in [3.8, 4) is 0 Å². The van der Waals surface area contributed by atoms with Crippen LogP contribution in [0.25, 0.3) is 0 Å². The molecule has 0 aliphatic rings. The van der Waals surface area contributed by atoms with Gasteiger partial charge in [0.25, 0.3) is 0 Å². The van der Waals surface area contributed by atoms with E-state index in [1.54, 1.807) is 0 Å². The summed E-state index contributed by atoms with van der Waals surface area (Å²) in [5, 5.41) is 0. The predicted octanol–water partition coefficient (Wildman–Crippen LogP) is 5.71. The average molecular weight is 331 g/mol. The molecule has 0 spiro atoms. The second-order valence-electron chi connectivity index (χ2n) is 6.54. The van der Waals surface area contributed by atoms with Gasteiger partial charge >= 0.3 is 0 Å². The Morgan fingerprint density at radius 3 is 1.25 bits per heavy atom. The largest absolute Gasteiger partial charge is 0.0872 e. The first kappa shape index (κ1) is 15.3. The molecule has 0 heterocycles. The average Bonchev–Trinajstić information content (AvgIpc) is 2.48. The minimum absolute atomic E-state index is 0.0562. The number of hydrogen-bond acceptors (Lipinski definition) is 0. The number of alkyl halides is 1. The fourth-order valence-corrected chi connectivity index (χ4v) is 3.46. The van der Waals surface area contributed by atoms with Gasteiger partial charge in [-0.25, -0.2) is 0 Å². The Morgan fingerprint density at radius 2 is 0.950 bits per heavy atom. The van der Waals surface area contributed by atoms with Gasteiger partial charge in [0, 0.05) is 15.7 Å². The van der Waals surface area contributed by atoms with Crippen molar-refractivity contribution in [3.05, 3.63) is 71.8 Å². The van der Waals surface area contributed by atoms with E-state index in [4.69, 9.17) is 0 Å². The Kier molecular flexibility index (Phi) is 4.39. The van der Waals surface area contributed by atoms with Crippen LogP contribution < -0.4 is 0 Å². The van der Waals surface area contributed by atoms with E-state index in [0.717, 1.165) is 0 Å². The van der Waals surface area contributed by atoms with E-state index in [1.165, 1.54) is 11.1 Å². The highest BCUT2D eigenvalue weighted by Gasteiger charge is 2.40. The van der Waals surface area contributed by atoms with Gasteiger partial charge in [0.1, 0.15) is 0 Å². The van der Waals surface area contributed by atoms with Gasteiger partial charge in [0.15, 0.2) is 0 Å². The molecule has 0 aliphatic heterocycles. The van der Waals surface area contributed by atoms with Crippen LogP contribution in [-0.4, -0.2) is 4.83 Å². The molecule has 0 atom stereocenters. The molecular weight excluding hydrogens is 308 g/mol.